The van der Waals surface area contributed by atoms with Crippen molar-refractivity contribution in [2.75, 3.05) is 0 Å². The van der Waals surface area contributed by atoms with Gasteiger partial charge in [0.25, 0.3) is 0 Å². The number of para-hydroxylation sites is 5. The molecule has 0 aliphatic rings. The van der Waals surface area contributed by atoms with Crippen molar-refractivity contribution in [3.63, 3.8) is 0 Å². The van der Waals surface area contributed by atoms with Crippen LogP contribution in [0, 0.1) is 62.7 Å². The van der Waals surface area contributed by atoms with Crippen LogP contribution < -0.4 is 0 Å². The Kier molecular flexibility index (Phi) is 53.0. The molecule has 0 bridgehead atoms. The van der Waals surface area contributed by atoms with Crippen LogP contribution in [0.3, 0.4) is 0 Å². The number of aliphatic hydroxyl groups is 5. The summed E-state index contributed by atoms with van der Waals surface area (Å²) in [6.07, 6.45) is 1.49. The maximum absolute atomic E-state index is 13.6. The molecule has 25 heteroatoms. The molecule has 0 aliphatic heterocycles. The quantitative estimate of drug-likeness (QED) is 0.0369. The van der Waals surface area contributed by atoms with Crippen LogP contribution in [0.25, 0.3) is 111 Å². The Morgan fingerprint density at radius 3 is 1.07 bits per heavy atom. The van der Waals surface area contributed by atoms with Crippen LogP contribution in [-0.2, 0) is 131 Å². The topological polar surface area (TPSA) is 251 Å². The van der Waals surface area contributed by atoms with Gasteiger partial charge in [-0.15, -0.1) is 149 Å². The van der Waals surface area contributed by atoms with Crippen molar-refractivity contribution in [1.82, 2.24) is 24.9 Å². The zero-order valence-corrected chi connectivity index (χ0v) is 84.3. The first kappa shape index (κ1) is 115. The van der Waals surface area contributed by atoms with E-state index in [-0.39, 0.29) is 164 Å². The molecule has 679 valence electrons. The van der Waals surface area contributed by atoms with Gasteiger partial charge in [-0.25, -0.2) is 0 Å². The number of hydrogen-bond donors (Lipinski definition) is 5. The van der Waals surface area contributed by atoms with Gasteiger partial charge in [-0.1, -0.05) is 164 Å². The minimum absolute atomic E-state index is 0. The number of hydrogen-bond acceptors (Lipinski definition) is 15. The van der Waals surface area contributed by atoms with Gasteiger partial charge < -0.3 is 25.5 Å². The number of alkyl halides is 3. The summed E-state index contributed by atoms with van der Waals surface area (Å²) in [5.41, 5.74) is 15.6. The minimum Gasteiger partial charge on any atom is -0.512 e. The standard InChI is InChI=1S/C16H9F3N.3C16H12N.C15H8F2N.5C5H8O2.5Ir/c17-16(18,19)13-8-5-12(6-9-13)15-10-7-11-3-1-2-4-14(11)20-15;1-12-5-4-7-14(11-12)16-10-9-13-6-2-3-8-15(13)17-16;1-12-11-16(13-7-3-2-4-8-13)17-15-10-6-5-9-14(12)15;1-12-11-14-9-5-6-10-15(14)17-16(12)13-7-3-2-4-8-13;16-11-6-7-12(13(17)9-11)15-8-5-10-3-1-2-4-14(10)18-15;5*1-4(6)3-5(2)7;;;;;/h1-5,7-10H;2-6,8-11H,1H3;2*2-7,9-11H,1H3;1-6,8-9H;5*3,6H,1-2H3;;;;;/q5*-1;;;;;;;;;;. The van der Waals surface area contributed by atoms with Crippen LogP contribution in [-0.4, -0.2) is 79.4 Å². The molecule has 10 aromatic carbocycles. The van der Waals surface area contributed by atoms with Crippen LogP contribution in [0.15, 0.2) is 326 Å². The fourth-order valence-corrected chi connectivity index (χ4v) is 11.3. The number of benzene rings is 10. The van der Waals surface area contributed by atoms with Gasteiger partial charge in [0.05, 0.1) is 56.4 Å². The van der Waals surface area contributed by atoms with Crippen LogP contribution in [0.4, 0.5) is 22.0 Å². The third-order valence-electron chi connectivity index (χ3n) is 16.4. The average Bonchev–Trinajstić information content (AvgIpc) is 0.872. The summed E-state index contributed by atoms with van der Waals surface area (Å²) < 4.78 is 63.9. The molecule has 5 heterocycles. The second kappa shape index (κ2) is 59.3. The van der Waals surface area contributed by atoms with Crippen molar-refractivity contribution < 1.29 is 172 Å². The van der Waals surface area contributed by atoms with Crippen molar-refractivity contribution in [1.29, 1.82) is 0 Å². The summed E-state index contributed by atoms with van der Waals surface area (Å²) in [4.78, 5) is 72.9. The third-order valence-corrected chi connectivity index (χ3v) is 16.4. The van der Waals surface area contributed by atoms with E-state index in [9.17, 15) is 45.9 Å². The largest absolute Gasteiger partial charge is 0.512 e. The molecule has 15 aromatic rings. The Balaban J connectivity index is 0.000000733. The molecule has 0 saturated carbocycles. The van der Waals surface area contributed by atoms with E-state index in [1.807, 2.05) is 176 Å². The molecule has 0 atom stereocenters. The Bertz CT molecular complexity index is 6140. The molecule has 5 radical (unpaired) electrons. The first-order chi connectivity index (χ1) is 58.9. The van der Waals surface area contributed by atoms with Crippen LogP contribution >= 0.6 is 0 Å². The molecule has 5 aromatic heterocycles. The molecule has 0 aliphatic carbocycles. The van der Waals surface area contributed by atoms with Gasteiger partial charge in [0, 0.05) is 148 Å². The number of allylic oxidation sites excluding steroid dienone is 10. The molecule has 5 N–H and O–H groups in total. The molecule has 0 amide bonds. The average molecular weight is 2630 g/mol. The van der Waals surface area contributed by atoms with Crippen LogP contribution in [0.1, 0.15) is 91.5 Å². The third kappa shape index (κ3) is 42.3. The molecular weight excluding hydrogens is 2540 g/mol. The Labute approximate surface area is 816 Å². The molecule has 129 heavy (non-hydrogen) atoms. The number of aliphatic hydroxyl groups excluding tert-OH is 5. The molecule has 0 unspecified atom stereocenters. The van der Waals surface area contributed by atoms with Crippen molar-refractivity contribution in [2.24, 2.45) is 0 Å². The van der Waals surface area contributed by atoms with Gasteiger partial charge in [0.15, 0.2) is 28.9 Å². The summed E-state index contributed by atoms with van der Waals surface area (Å²) in [7, 11) is 0. The number of aromatic nitrogens is 5. The smallest absolute Gasteiger partial charge is 0.381 e. The number of carbonyl (C=O) groups excluding carboxylic acids is 5. The van der Waals surface area contributed by atoms with E-state index < -0.39 is 23.4 Å². The zero-order chi connectivity index (χ0) is 91.0. The zero-order valence-electron chi connectivity index (χ0n) is 72.4. The molecule has 0 saturated heterocycles. The van der Waals surface area contributed by atoms with Crippen LogP contribution in [0.5, 0.6) is 0 Å². The summed E-state index contributed by atoms with van der Waals surface area (Å²) in [5.74, 6) is -1.61. The van der Waals surface area contributed by atoms with E-state index in [0.29, 0.717) is 17.0 Å². The number of rotatable bonds is 10. The number of ketones is 5. The fraction of sp³-hybridized carbons (Fsp3) is 0.135. The number of aryl methyl sites for hydroxylation is 3. The van der Waals surface area contributed by atoms with E-state index in [2.05, 4.69) is 120 Å². The fourth-order valence-electron chi connectivity index (χ4n) is 11.3. The summed E-state index contributed by atoms with van der Waals surface area (Å²) in [6.45, 7) is 20.5. The van der Waals surface area contributed by atoms with E-state index in [1.54, 1.807) is 12.1 Å². The van der Waals surface area contributed by atoms with Crippen molar-refractivity contribution in [3.05, 3.63) is 390 Å². The minimum atomic E-state index is -4.34. The Morgan fingerprint density at radius 2 is 0.682 bits per heavy atom. The Morgan fingerprint density at radius 1 is 0.318 bits per heavy atom. The van der Waals surface area contributed by atoms with Crippen LogP contribution in [0.2, 0.25) is 0 Å². The van der Waals surface area contributed by atoms with E-state index in [1.165, 1.54) is 139 Å². The maximum atomic E-state index is 13.6. The van der Waals surface area contributed by atoms with Crippen molar-refractivity contribution in [3.8, 4) is 56.3 Å². The predicted molar refractivity (Wildman–Crippen MR) is 485 cm³/mol. The number of nitrogens with zero attached hydrogens (tertiary/aromatic N) is 5. The SMILES string of the molecule is CC(=O)C=C(C)O.CC(=O)C=C(C)O.CC(=O)C=C(C)O.CC(=O)C=C(C)O.CC(=O)C=C(C)O.Cc1cc(-c2[c-]cccc2)nc2ccccc12.Cc1cc2ccccc2nc1-c1[c-]cccc1.Cc1cc[c-]c(-c2ccc3ccccc3n2)c1.FC(F)(F)c1c[c-]c(-c2ccc3ccccc3n2)cc1.Fc1c[c-]c(-c2ccc3ccccc3n2)c(F)c1.[Ir].[Ir].[Ir].[Ir].[Ir]. The first-order valence-electron chi connectivity index (χ1n) is 38.5. The Hall–Kier alpha value is -11.8. The van der Waals surface area contributed by atoms with Gasteiger partial charge in [0.2, 0.25) is 0 Å². The molecule has 0 spiro atoms. The summed E-state index contributed by atoms with van der Waals surface area (Å²) in [5, 5.41) is 47.4. The maximum Gasteiger partial charge on any atom is 0.381 e. The van der Waals surface area contributed by atoms with Gasteiger partial charge in [-0.2, -0.15) is 13.2 Å². The number of carbonyl (C=O) groups is 5. The van der Waals surface area contributed by atoms with Gasteiger partial charge in [-0.05, 0) is 175 Å². The molecule has 15 rings (SSSR count). The molecular formula is C104H93F5Ir5N5O10-5. The number of pyridine rings is 5. The van der Waals surface area contributed by atoms with Gasteiger partial charge >= 0.3 is 6.18 Å². The van der Waals surface area contributed by atoms with Crippen molar-refractivity contribution in [2.45, 2.75) is 96.2 Å². The monoisotopic (exact) mass is 2630 g/mol. The second-order valence-corrected chi connectivity index (χ2v) is 27.7. The van der Waals surface area contributed by atoms with E-state index in [4.69, 9.17) is 30.5 Å². The molecule has 15 nitrogen and oxygen atoms in total. The molecule has 0 fully saturated rings. The summed E-state index contributed by atoms with van der Waals surface area (Å²) in [6, 6.07) is 97.6. The normalized spacial score (nSPS) is 10.6. The predicted octanol–water partition coefficient (Wildman–Crippen LogP) is 25.9. The number of halogens is 5. The van der Waals surface area contributed by atoms with E-state index in [0.717, 1.165) is 96.4 Å². The van der Waals surface area contributed by atoms with Gasteiger partial charge in [-0.3, -0.25) is 57.7 Å². The second-order valence-electron chi connectivity index (χ2n) is 27.7. The summed E-state index contributed by atoms with van der Waals surface area (Å²) >= 11 is 0. The number of fused-ring (bicyclic) bond motifs is 5. The van der Waals surface area contributed by atoms with Gasteiger partial charge in [0.1, 0.15) is 0 Å². The van der Waals surface area contributed by atoms with E-state index >= 15 is 0 Å². The van der Waals surface area contributed by atoms with Crippen molar-refractivity contribution >= 4 is 83.4 Å². The first-order valence-corrected chi connectivity index (χ1v) is 38.5.